The molecule has 1 saturated carbocycles. The third-order valence-corrected chi connectivity index (χ3v) is 7.53. The number of nitrogens with zero attached hydrogens (tertiary/aromatic N) is 2. The van der Waals surface area contributed by atoms with E-state index in [9.17, 15) is 4.79 Å². The molecule has 0 amide bonds. The van der Waals surface area contributed by atoms with Crippen LogP contribution >= 0.6 is 11.8 Å². The quantitative estimate of drug-likeness (QED) is 0.383. The Labute approximate surface area is 182 Å². The van der Waals surface area contributed by atoms with Gasteiger partial charge in [-0.15, -0.1) is 0 Å². The second kappa shape index (κ2) is 7.42. The van der Waals surface area contributed by atoms with Crippen LogP contribution in [0.15, 0.2) is 58.5 Å². The minimum absolute atomic E-state index is 0.0682. The molecule has 0 radical (unpaired) electrons. The zero-order chi connectivity index (χ0) is 20.9. The molecule has 1 heterocycles. The minimum Gasteiger partial charge on any atom is -0.268 e. The van der Waals surface area contributed by atoms with Gasteiger partial charge in [0.2, 0.25) is 0 Å². The standard InChI is InChI=1S/C26H28N2OS/c1-17(2)30-25-27-23-21-9-5-4-8-19(21)16-26(14-6-7-15-26)22(23)24(29)28(25)20-12-10-18(3)11-13-20/h4-5,8-13,17H,6-7,14-16H2,1-3H3. The summed E-state index contributed by atoms with van der Waals surface area (Å²) in [5, 5.41) is 1.13. The molecule has 1 fully saturated rings. The largest absolute Gasteiger partial charge is 0.268 e. The van der Waals surface area contributed by atoms with Crippen LogP contribution in [0.25, 0.3) is 16.9 Å². The summed E-state index contributed by atoms with van der Waals surface area (Å²) < 4.78 is 1.87. The first-order chi connectivity index (χ1) is 14.5. The van der Waals surface area contributed by atoms with Gasteiger partial charge in [0.25, 0.3) is 5.56 Å². The van der Waals surface area contributed by atoms with Crippen molar-refractivity contribution in [3.05, 3.63) is 75.6 Å². The minimum atomic E-state index is -0.0682. The van der Waals surface area contributed by atoms with Gasteiger partial charge in [0, 0.05) is 16.2 Å². The zero-order valence-electron chi connectivity index (χ0n) is 17.9. The van der Waals surface area contributed by atoms with E-state index in [4.69, 9.17) is 4.98 Å². The van der Waals surface area contributed by atoms with E-state index in [2.05, 4.69) is 57.2 Å². The average molecular weight is 417 g/mol. The van der Waals surface area contributed by atoms with Gasteiger partial charge in [-0.05, 0) is 43.9 Å². The molecule has 0 saturated heterocycles. The third-order valence-electron chi connectivity index (χ3n) is 6.58. The van der Waals surface area contributed by atoms with Gasteiger partial charge in [0.15, 0.2) is 5.16 Å². The third kappa shape index (κ3) is 3.13. The van der Waals surface area contributed by atoms with E-state index in [1.807, 2.05) is 16.7 Å². The van der Waals surface area contributed by atoms with E-state index in [0.717, 1.165) is 46.9 Å². The Hall–Kier alpha value is -2.33. The number of benzene rings is 2. The fourth-order valence-electron chi connectivity index (χ4n) is 5.22. The Morgan fingerprint density at radius 1 is 1.03 bits per heavy atom. The second-order valence-electron chi connectivity index (χ2n) is 9.08. The van der Waals surface area contributed by atoms with Crippen LogP contribution in [0, 0.1) is 6.92 Å². The first-order valence-corrected chi connectivity index (χ1v) is 11.9. The summed E-state index contributed by atoms with van der Waals surface area (Å²) in [4.78, 5) is 19.4. The Bertz CT molecular complexity index is 1150. The van der Waals surface area contributed by atoms with Crippen LogP contribution in [0.5, 0.6) is 0 Å². The van der Waals surface area contributed by atoms with Gasteiger partial charge in [-0.2, -0.15) is 0 Å². The number of aryl methyl sites for hydroxylation is 1. The Kier molecular flexibility index (Phi) is 4.85. The molecule has 1 spiro atoms. The zero-order valence-corrected chi connectivity index (χ0v) is 18.8. The molecule has 0 aliphatic heterocycles. The highest BCUT2D eigenvalue weighted by Crippen LogP contribution is 2.50. The normalized spacial score (nSPS) is 16.7. The molecular formula is C26H28N2OS. The summed E-state index contributed by atoms with van der Waals surface area (Å²) >= 11 is 1.67. The summed E-state index contributed by atoms with van der Waals surface area (Å²) in [7, 11) is 0. The van der Waals surface area contributed by atoms with Crippen LogP contribution in [-0.4, -0.2) is 14.8 Å². The molecule has 3 nitrogen and oxygen atoms in total. The van der Waals surface area contributed by atoms with Crippen molar-refractivity contribution in [2.45, 2.75) is 68.7 Å². The van der Waals surface area contributed by atoms with Crippen molar-refractivity contribution in [3.63, 3.8) is 0 Å². The van der Waals surface area contributed by atoms with Crippen LogP contribution in [0.2, 0.25) is 0 Å². The summed E-state index contributed by atoms with van der Waals surface area (Å²) in [6.07, 6.45) is 5.49. The SMILES string of the molecule is Cc1ccc(-n2c(SC(C)C)nc3c(c2=O)C2(CCCC2)Cc2ccccc2-3)cc1. The molecule has 1 aromatic heterocycles. The number of aromatic nitrogens is 2. The maximum Gasteiger partial charge on any atom is 0.263 e. The predicted molar refractivity (Wildman–Crippen MR) is 125 cm³/mol. The maximum absolute atomic E-state index is 14.2. The molecule has 154 valence electrons. The number of hydrogen-bond acceptors (Lipinski definition) is 3. The van der Waals surface area contributed by atoms with Gasteiger partial charge < -0.3 is 0 Å². The molecule has 0 N–H and O–H groups in total. The molecule has 2 aromatic carbocycles. The van der Waals surface area contributed by atoms with E-state index < -0.39 is 0 Å². The fourth-order valence-corrected chi connectivity index (χ4v) is 6.08. The number of thioether (sulfide) groups is 1. The summed E-state index contributed by atoms with van der Waals surface area (Å²) in [5.74, 6) is 0. The van der Waals surface area contributed by atoms with Crippen molar-refractivity contribution in [2.75, 3.05) is 0 Å². The van der Waals surface area contributed by atoms with Crippen LogP contribution < -0.4 is 5.56 Å². The van der Waals surface area contributed by atoms with Crippen molar-refractivity contribution in [2.24, 2.45) is 0 Å². The smallest absolute Gasteiger partial charge is 0.263 e. The Morgan fingerprint density at radius 2 is 1.73 bits per heavy atom. The molecule has 5 rings (SSSR count). The molecule has 4 heteroatoms. The predicted octanol–water partition coefficient (Wildman–Crippen LogP) is 6.08. The summed E-state index contributed by atoms with van der Waals surface area (Å²) in [6.45, 7) is 6.39. The molecule has 30 heavy (non-hydrogen) atoms. The van der Waals surface area contributed by atoms with Crippen molar-refractivity contribution in [3.8, 4) is 16.9 Å². The van der Waals surface area contributed by atoms with Gasteiger partial charge in [0.1, 0.15) is 0 Å². The molecule has 0 unspecified atom stereocenters. The lowest BCUT2D eigenvalue weighted by molar-refractivity contribution is 0.422. The van der Waals surface area contributed by atoms with Crippen molar-refractivity contribution in [1.29, 1.82) is 0 Å². The fraction of sp³-hybridized carbons (Fsp3) is 0.385. The van der Waals surface area contributed by atoms with Gasteiger partial charge in [-0.1, -0.05) is 80.4 Å². The van der Waals surface area contributed by atoms with E-state index >= 15 is 0 Å². The van der Waals surface area contributed by atoms with Gasteiger partial charge in [0.05, 0.1) is 16.9 Å². The lowest BCUT2D eigenvalue weighted by atomic mass is 9.68. The lowest BCUT2D eigenvalue weighted by Crippen LogP contribution is -2.40. The van der Waals surface area contributed by atoms with Crippen molar-refractivity contribution >= 4 is 11.8 Å². The van der Waals surface area contributed by atoms with E-state index in [1.54, 1.807) is 11.8 Å². The molecule has 3 aromatic rings. The highest BCUT2D eigenvalue weighted by molar-refractivity contribution is 7.99. The maximum atomic E-state index is 14.2. The molecule has 0 bridgehead atoms. The molecule has 2 aliphatic carbocycles. The highest BCUT2D eigenvalue weighted by atomic mass is 32.2. The van der Waals surface area contributed by atoms with Gasteiger partial charge in [-0.3, -0.25) is 9.36 Å². The van der Waals surface area contributed by atoms with Gasteiger partial charge in [-0.25, -0.2) is 4.98 Å². The summed E-state index contributed by atoms with van der Waals surface area (Å²) in [6, 6.07) is 16.8. The van der Waals surface area contributed by atoms with E-state index in [1.165, 1.54) is 24.0 Å². The van der Waals surface area contributed by atoms with Crippen molar-refractivity contribution < 1.29 is 0 Å². The lowest BCUT2D eigenvalue weighted by Gasteiger charge is -2.36. The topological polar surface area (TPSA) is 34.9 Å². The van der Waals surface area contributed by atoms with Crippen LogP contribution in [0.1, 0.15) is 56.2 Å². The monoisotopic (exact) mass is 416 g/mol. The molecule has 0 atom stereocenters. The van der Waals surface area contributed by atoms with Crippen LogP contribution in [0.3, 0.4) is 0 Å². The van der Waals surface area contributed by atoms with Crippen LogP contribution in [-0.2, 0) is 11.8 Å². The number of fused-ring (bicyclic) bond motifs is 4. The first kappa shape index (κ1) is 19.6. The number of rotatable bonds is 3. The number of hydrogen-bond donors (Lipinski definition) is 0. The second-order valence-corrected chi connectivity index (χ2v) is 10.6. The van der Waals surface area contributed by atoms with E-state index in [0.29, 0.717) is 5.25 Å². The van der Waals surface area contributed by atoms with E-state index in [-0.39, 0.29) is 11.0 Å². The van der Waals surface area contributed by atoms with Gasteiger partial charge >= 0.3 is 0 Å². The summed E-state index contributed by atoms with van der Waals surface area (Å²) in [5.41, 5.74) is 6.52. The van der Waals surface area contributed by atoms with Crippen LogP contribution in [0.4, 0.5) is 0 Å². The molecule has 2 aliphatic rings. The average Bonchev–Trinajstić information content (AvgIpc) is 3.17. The highest BCUT2D eigenvalue weighted by Gasteiger charge is 2.44. The first-order valence-electron chi connectivity index (χ1n) is 11.0. The Morgan fingerprint density at radius 3 is 2.43 bits per heavy atom. The van der Waals surface area contributed by atoms with Crippen molar-refractivity contribution in [1.82, 2.24) is 9.55 Å². The Balaban J connectivity index is 1.84. The molecular weight excluding hydrogens is 388 g/mol.